The van der Waals surface area contributed by atoms with Gasteiger partial charge in [-0.3, -0.25) is 4.99 Å². The molecule has 8 heteroatoms. The highest BCUT2D eigenvalue weighted by molar-refractivity contribution is 14.0. The number of hydrogen-bond donors (Lipinski definition) is 2. The monoisotopic (exact) mass is 556 g/mol. The summed E-state index contributed by atoms with van der Waals surface area (Å²) in [5.74, 6) is 1.61. The Morgan fingerprint density at radius 1 is 1.03 bits per heavy atom. The van der Waals surface area contributed by atoms with Crippen LogP contribution in [-0.2, 0) is 28.7 Å². The molecule has 2 aromatic carbocycles. The summed E-state index contributed by atoms with van der Waals surface area (Å²) in [5, 5.41) is 3.43. The molecule has 0 radical (unpaired) electrons. The summed E-state index contributed by atoms with van der Waals surface area (Å²) in [7, 11) is -0.0207. The van der Waals surface area contributed by atoms with Crippen LogP contribution in [0.2, 0.25) is 0 Å². The largest absolute Gasteiger partial charge is 0.352 e. The lowest BCUT2D eigenvalue weighted by Crippen LogP contribution is -2.45. The summed E-state index contributed by atoms with van der Waals surface area (Å²) < 4.78 is 25.9. The standard InChI is InChI=1S/C23H32N4O2S.HI/c1-24-23(26-17-21-9-6-10-22(16-21)18-30(28,29)25-2)27-13-11-20(12-14-27)15-19-7-4-3-5-8-19;/h3-10,16,20,25H,11-15,17-18H2,1-2H3,(H,24,26);1H. The third-order valence-corrected chi connectivity index (χ3v) is 6.94. The van der Waals surface area contributed by atoms with Gasteiger partial charge in [0.25, 0.3) is 0 Å². The van der Waals surface area contributed by atoms with E-state index in [0.717, 1.165) is 49.4 Å². The number of nitrogens with zero attached hydrogens (tertiary/aromatic N) is 2. The van der Waals surface area contributed by atoms with Crippen LogP contribution in [0, 0.1) is 5.92 Å². The molecular weight excluding hydrogens is 523 g/mol. The lowest BCUT2D eigenvalue weighted by molar-refractivity contribution is 0.259. The van der Waals surface area contributed by atoms with Crippen LogP contribution in [0.5, 0.6) is 0 Å². The van der Waals surface area contributed by atoms with Crippen molar-refractivity contribution in [3.05, 3.63) is 71.3 Å². The molecule has 3 rings (SSSR count). The number of benzene rings is 2. The van der Waals surface area contributed by atoms with Gasteiger partial charge in [-0.05, 0) is 48.9 Å². The lowest BCUT2D eigenvalue weighted by atomic mass is 9.90. The molecule has 1 fully saturated rings. The molecule has 2 aromatic rings. The van der Waals surface area contributed by atoms with E-state index in [0.29, 0.717) is 12.5 Å². The molecule has 2 N–H and O–H groups in total. The predicted octanol–water partition coefficient (Wildman–Crippen LogP) is 3.38. The van der Waals surface area contributed by atoms with Crippen molar-refractivity contribution in [3.63, 3.8) is 0 Å². The second-order valence-corrected chi connectivity index (χ2v) is 9.73. The first-order valence-corrected chi connectivity index (χ1v) is 12.1. The molecule has 0 bridgehead atoms. The van der Waals surface area contributed by atoms with Gasteiger partial charge in [0, 0.05) is 26.7 Å². The van der Waals surface area contributed by atoms with Gasteiger partial charge in [0.05, 0.1) is 5.75 Å². The maximum absolute atomic E-state index is 11.8. The quantitative estimate of drug-likeness (QED) is 0.312. The number of likely N-dealkylation sites (tertiary alicyclic amines) is 1. The molecule has 0 spiro atoms. The number of aliphatic imine (C=N–C) groups is 1. The van der Waals surface area contributed by atoms with Crippen LogP contribution in [0.15, 0.2) is 59.6 Å². The van der Waals surface area contributed by atoms with Crippen LogP contribution in [-0.4, -0.2) is 46.5 Å². The molecule has 0 unspecified atom stereocenters. The van der Waals surface area contributed by atoms with Crippen LogP contribution < -0.4 is 10.0 Å². The van der Waals surface area contributed by atoms with E-state index in [2.05, 4.69) is 50.3 Å². The van der Waals surface area contributed by atoms with Gasteiger partial charge >= 0.3 is 0 Å². The molecule has 1 saturated heterocycles. The Balaban J connectivity index is 0.00000341. The predicted molar refractivity (Wildman–Crippen MR) is 138 cm³/mol. The molecule has 1 heterocycles. The van der Waals surface area contributed by atoms with E-state index < -0.39 is 10.0 Å². The maximum Gasteiger partial charge on any atom is 0.215 e. The number of halogens is 1. The first-order chi connectivity index (χ1) is 14.5. The van der Waals surface area contributed by atoms with Crippen LogP contribution >= 0.6 is 24.0 Å². The van der Waals surface area contributed by atoms with Gasteiger partial charge in [-0.25, -0.2) is 13.1 Å². The van der Waals surface area contributed by atoms with Gasteiger partial charge < -0.3 is 10.2 Å². The highest BCUT2D eigenvalue weighted by Gasteiger charge is 2.21. The van der Waals surface area contributed by atoms with E-state index in [-0.39, 0.29) is 29.7 Å². The molecule has 0 aliphatic carbocycles. The van der Waals surface area contributed by atoms with Gasteiger partial charge in [-0.15, -0.1) is 24.0 Å². The molecule has 0 saturated carbocycles. The topological polar surface area (TPSA) is 73.8 Å². The molecule has 1 aliphatic heterocycles. The molecule has 1 aliphatic rings. The highest BCUT2D eigenvalue weighted by atomic mass is 127. The van der Waals surface area contributed by atoms with Crippen LogP contribution in [0.3, 0.4) is 0 Å². The van der Waals surface area contributed by atoms with Gasteiger partial charge in [-0.2, -0.15) is 0 Å². The van der Waals surface area contributed by atoms with Crippen molar-refractivity contribution in [1.82, 2.24) is 14.9 Å². The summed E-state index contributed by atoms with van der Waals surface area (Å²) in [6.45, 7) is 2.61. The number of sulfonamides is 1. The fraction of sp³-hybridized carbons (Fsp3) is 0.435. The summed E-state index contributed by atoms with van der Waals surface area (Å²) >= 11 is 0. The summed E-state index contributed by atoms with van der Waals surface area (Å²) in [6.07, 6.45) is 3.46. The van der Waals surface area contributed by atoms with Gasteiger partial charge in [-0.1, -0.05) is 54.6 Å². The van der Waals surface area contributed by atoms with Crippen molar-refractivity contribution in [2.24, 2.45) is 10.9 Å². The highest BCUT2D eigenvalue weighted by Crippen LogP contribution is 2.21. The molecular formula is C23H33IN4O2S. The lowest BCUT2D eigenvalue weighted by Gasteiger charge is -2.34. The maximum atomic E-state index is 11.8. The second-order valence-electron chi connectivity index (χ2n) is 7.80. The van der Waals surface area contributed by atoms with E-state index in [4.69, 9.17) is 0 Å². The van der Waals surface area contributed by atoms with E-state index in [9.17, 15) is 8.42 Å². The Bertz CT molecular complexity index is 943. The average Bonchev–Trinajstić information content (AvgIpc) is 2.76. The number of piperidine rings is 1. The minimum atomic E-state index is -3.27. The molecule has 0 amide bonds. The van der Waals surface area contributed by atoms with Crippen molar-refractivity contribution >= 4 is 40.0 Å². The zero-order chi connectivity index (χ0) is 21.4. The first-order valence-electron chi connectivity index (χ1n) is 10.5. The SMILES string of the molecule is CN=C(NCc1cccc(CS(=O)(=O)NC)c1)N1CCC(Cc2ccccc2)CC1.I. The van der Waals surface area contributed by atoms with Gasteiger partial charge in [0.1, 0.15) is 0 Å². The summed E-state index contributed by atoms with van der Waals surface area (Å²) in [5.41, 5.74) is 3.23. The number of nitrogens with one attached hydrogen (secondary N) is 2. The Kier molecular flexibility index (Phi) is 10.2. The minimum absolute atomic E-state index is 0. The van der Waals surface area contributed by atoms with Crippen molar-refractivity contribution in [1.29, 1.82) is 0 Å². The molecule has 31 heavy (non-hydrogen) atoms. The molecule has 0 atom stereocenters. The third-order valence-electron chi connectivity index (χ3n) is 5.60. The van der Waals surface area contributed by atoms with Crippen molar-refractivity contribution in [2.75, 3.05) is 27.2 Å². The van der Waals surface area contributed by atoms with E-state index >= 15 is 0 Å². The smallest absolute Gasteiger partial charge is 0.215 e. The Hall–Kier alpha value is -1.65. The average molecular weight is 557 g/mol. The van der Waals surface area contributed by atoms with Crippen LogP contribution in [0.1, 0.15) is 29.5 Å². The number of guanidine groups is 1. The fourth-order valence-corrected chi connectivity index (χ4v) is 4.69. The summed E-state index contributed by atoms with van der Waals surface area (Å²) in [6, 6.07) is 18.4. The Morgan fingerprint density at radius 2 is 1.68 bits per heavy atom. The fourth-order valence-electron chi connectivity index (χ4n) is 3.93. The normalized spacial score (nSPS) is 15.4. The molecule has 6 nitrogen and oxygen atoms in total. The van der Waals surface area contributed by atoms with Gasteiger partial charge in [0.2, 0.25) is 10.0 Å². The number of hydrogen-bond acceptors (Lipinski definition) is 3. The zero-order valence-electron chi connectivity index (χ0n) is 18.3. The van der Waals surface area contributed by atoms with Crippen molar-refractivity contribution < 1.29 is 8.42 Å². The Morgan fingerprint density at radius 3 is 2.32 bits per heavy atom. The van der Waals surface area contributed by atoms with E-state index in [1.54, 1.807) is 0 Å². The molecule has 170 valence electrons. The van der Waals surface area contributed by atoms with Crippen LogP contribution in [0.25, 0.3) is 0 Å². The van der Waals surface area contributed by atoms with Crippen molar-refractivity contribution in [2.45, 2.75) is 31.6 Å². The summed E-state index contributed by atoms with van der Waals surface area (Å²) in [4.78, 5) is 6.77. The van der Waals surface area contributed by atoms with Gasteiger partial charge in [0.15, 0.2) is 5.96 Å². The Labute approximate surface area is 203 Å². The van der Waals surface area contributed by atoms with Crippen LogP contribution in [0.4, 0.5) is 0 Å². The second kappa shape index (κ2) is 12.4. The number of rotatable bonds is 7. The van der Waals surface area contributed by atoms with E-state index in [1.165, 1.54) is 12.6 Å². The molecule has 0 aromatic heterocycles. The van der Waals surface area contributed by atoms with Crippen molar-refractivity contribution in [3.8, 4) is 0 Å². The third kappa shape index (κ3) is 8.08. The zero-order valence-corrected chi connectivity index (χ0v) is 21.4. The minimum Gasteiger partial charge on any atom is -0.352 e. The first kappa shape index (κ1) is 25.6. The van der Waals surface area contributed by atoms with E-state index in [1.807, 2.05) is 31.3 Å².